The Bertz CT molecular complexity index is 687. The molecule has 28 heavy (non-hydrogen) atoms. The number of benzene rings is 1. The van der Waals surface area contributed by atoms with Crippen LogP contribution in [0.4, 0.5) is 10.5 Å². The zero-order valence-corrected chi connectivity index (χ0v) is 18.1. The molecule has 0 aliphatic carbocycles. The van der Waals surface area contributed by atoms with Gasteiger partial charge < -0.3 is 20.4 Å². The summed E-state index contributed by atoms with van der Waals surface area (Å²) in [6, 6.07) is 8.06. The molecule has 6 nitrogen and oxygen atoms in total. The number of carbonyl (C=O) groups is 1. The van der Waals surface area contributed by atoms with Crippen molar-refractivity contribution in [3.63, 3.8) is 0 Å². The Morgan fingerprint density at radius 3 is 2.75 bits per heavy atom. The van der Waals surface area contributed by atoms with Gasteiger partial charge in [-0.1, -0.05) is 26.0 Å². The number of rotatable bonds is 4. The Morgan fingerprint density at radius 1 is 1.25 bits per heavy atom. The smallest absolute Gasteiger partial charge is 0.321 e. The number of guanidine groups is 1. The molecule has 0 saturated carbocycles. The number of aliphatic imine (C=N–C) groups is 1. The zero-order valence-electron chi connectivity index (χ0n) is 17.3. The summed E-state index contributed by atoms with van der Waals surface area (Å²) in [5.74, 6) is 2.76. The molecule has 2 amide bonds. The van der Waals surface area contributed by atoms with Crippen LogP contribution in [0.25, 0.3) is 0 Å². The van der Waals surface area contributed by atoms with Crippen LogP contribution in [-0.2, 0) is 6.54 Å². The molecule has 2 aliphatic heterocycles. The lowest BCUT2D eigenvalue weighted by Crippen LogP contribution is -2.48. The van der Waals surface area contributed by atoms with Crippen LogP contribution < -0.4 is 10.6 Å². The fourth-order valence-electron chi connectivity index (χ4n) is 3.67. The summed E-state index contributed by atoms with van der Waals surface area (Å²) in [7, 11) is 1.85. The van der Waals surface area contributed by atoms with Gasteiger partial charge in [0.2, 0.25) is 0 Å². The van der Waals surface area contributed by atoms with Gasteiger partial charge in [0.25, 0.3) is 0 Å². The first-order valence-corrected chi connectivity index (χ1v) is 11.3. The highest BCUT2D eigenvalue weighted by Gasteiger charge is 2.24. The maximum absolute atomic E-state index is 12.3. The maximum Gasteiger partial charge on any atom is 0.321 e. The molecule has 2 fully saturated rings. The van der Waals surface area contributed by atoms with Gasteiger partial charge in [0.1, 0.15) is 0 Å². The summed E-state index contributed by atoms with van der Waals surface area (Å²) in [5.41, 5.74) is 1.98. The molecule has 1 unspecified atom stereocenters. The summed E-state index contributed by atoms with van der Waals surface area (Å²) < 4.78 is 0. The number of nitrogens with zero attached hydrogens (tertiary/aromatic N) is 3. The first-order chi connectivity index (χ1) is 13.6. The van der Waals surface area contributed by atoms with E-state index >= 15 is 0 Å². The van der Waals surface area contributed by atoms with E-state index in [1.165, 1.54) is 0 Å². The Balaban J connectivity index is 1.55. The second-order valence-corrected chi connectivity index (χ2v) is 9.17. The first kappa shape index (κ1) is 20.8. The summed E-state index contributed by atoms with van der Waals surface area (Å²) in [4.78, 5) is 21.0. The molecule has 1 atom stereocenters. The van der Waals surface area contributed by atoms with Crippen molar-refractivity contribution in [2.75, 3.05) is 44.3 Å². The molecule has 2 aliphatic rings. The molecule has 0 radical (unpaired) electrons. The third-order valence-corrected chi connectivity index (χ3v) is 6.91. The second kappa shape index (κ2) is 10.0. The number of likely N-dealkylation sites (tertiary alicyclic amines) is 1. The minimum Gasteiger partial charge on any atom is -0.352 e. The SMILES string of the molecule is CN=C(NCc1cccc(NC(=O)N2CCCC2)c1)N1CCSC(C(C)C)C1. The van der Waals surface area contributed by atoms with E-state index in [1.54, 1.807) is 0 Å². The summed E-state index contributed by atoms with van der Waals surface area (Å²) >= 11 is 2.07. The van der Waals surface area contributed by atoms with E-state index in [4.69, 9.17) is 0 Å². The van der Waals surface area contributed by atoms with Crippen molar-refractivity contribution in [3.05, 3.63) is 29.8 Å². The number of urea groups is 1. The number of hydrogen-bond acceptors (Lipinski definition) is 3. The van der Waals surface area contributed by atoms with Crippen LogP contribution >= 0.6 is 11.8 Å². The van der Waals surface area contributed by atoms with E-state index in [9.17, 15) is 4.79 Å². The molecule has 3 rings (SSSR count). The third kappa shape index (κ3) is 5.56. The van der Waals surface area contributed by atoms with Gasteiger partial charge in [-0.15, -0.1) is 0 Å². The zero-order chi connectivity index (χ0) is 19.9. The average molecular weight is 404 g/mol. The van der Waals surface area contributed by atoms with Gasteiger partial charge in [0.15, 0.2) is 5.96 Å². The minimum absolute atomic E-state index is 0.00367. The predicted molar refractivity (Wildman–Crippen MR) is 119 cm³/mol. The van der Waals surface area contributed by atoms with Gasteiger partial charge in [-0.2, -0.15) is 11.8 Å². The molecular weight excluding hydrogens is 370 g/mol. The third-order valence-electron chi connectivity index (χ3n) is 5.37. The van der Waals surface area contributed by atoms with Crippen LogP contribution in [0.5, 0.6) is 0 Å². The second-order valence-electron chi connectivity index (χ2n) is 7.82. The van der Waals surface area contributed by atoms with Gasteiger partial charge in [-0.25, -0.2) is 4.79 Å². The van der Waals surface area contributed by atoms with Crippen LogP contribution in [0.15, 0.2) is 29.3 Å². The quantitative estimate of drug-likeness (QED) is 0.597. The highest BCUT2D eigenvalue weighted by molar-refractivity contribution is 8.00. The number of anilines is 1. The standard InChI is InChI=1S/C21H33N5OS/c1-16(2)19-15-26(11-12-28-19)20(22-3)23-14-17-7-6-8-18(13-17)24-21(27)25-9-4-5-10-25/h6-8,13,16,19H,4-5,9-12,14-15H2,1-3H3,(H,22,23)(H,24,27). The Labute approximate surface area is 173 Å². The van der Waals surface area contributed by atoms with E-state index in [1.807, 2.05) is 30.1 Å². The lowest BCUT2D eigenvalue weighted by molar-refractivity contribution is 0.222. The van der Waals surface area contributed by atoms with E-state index in [0.717, 1.165) is 62.0 Å². The molecule has 2 N–H and O–H groups in total. The number of carbonyl (C=O) groups excluding carboxylic acids is 1. The lowest BCUT2D eigenvalue weighted by atomic mass is 10.1. The fraction of sp³-hybridized carbons (Fsp3) is 0.619. The molecular formula is C21H33N5OS. The molecule has 0 spiro atoms. The van der Waals surface area contributed by atoms with E-state index < -0.39 is 0 Å². The van der Waals surface area contributed by atoms with Gasteiger partial charge in [-0.05, 0) is 36.5 Å². The van der Waals surface area contributed by atoms with E-state index in [2.05, 4.69) is 52.2 Å². The van der Waals surface area contributed by atoms with Crippen molar-refractivity contribution >= 4 is 29.4 Å². The van der Waals surface area contributed by atoms with Gasteiger partial charge in [0, 0.05) is 56.5 Å². The van der Waals surface area contributed by atoms with Gasteiger partial charge in [0.05, 0.1) is 0 Å². The summed E-state index contributed by atoms with van der Waals surface area (Å²) in [6.45, 7) is 9.05. The topological polar surface area (TPSA) is 60.0 Å². The molecule has 1 aromatic rings. The largest absolute Gasteiger partial charge is 0.352 e. The molecule has 7 heteroatoms. The first-order valence-electron chi connectivity index (χ1n) is 10.3. The van der Waals surface area contributed by atoms with Crippen LogP contribution in [0.2, 0.25) is 0 Å². The molecule has 2 heterocycles. The fourth-order valence-corrected chi connectivity index (χ4v) is 4.97. The van der Waals surface area contributed by atoms with Gasteiger partial charge in [-0.3, -0.25) is 4.99 Å². The number of hydrogen-bond donors (Lipinski definition) is 2. The van der Waals surface area contributed by atoms with Crippen molar-refractivity contribution in [2.45, 2.75) is 38.5 Å². The van der Waals surface area contributed by atoms with E-state index in [-0.39, 0.29) is 6.03 Å². The molecule has 1 aromatic carbocycles. The van der Waals surface area contributed by atoms with Crippen LogP contribution in [0, 0.1) is 5.92 Å². The Kier molecular flexibility index (Phi) is 7.48. The number of nitrogens with one attached hydrogen (secondary N) is 2. The van der Waals surface area contributed by atoms with Crippen LogP contribution in [-0.4, -0.2) is 66.0 Å². The summed E-state index contributed by atoms with van der Waals surface area (Å²) in [6.07, 6.45) is 2.20. The van der Waals surface area contributed by atoms with Gasteiger partial charge >= 0.3 is 6.03 Å². The number of thioether (sulfide) groups is 1. The molecule has 0 bridgehead atoms. The van der Waals surface area contributed by atoms with Crippen molar-refractivity contribution in [1.82, 2.24) is 15.1 Å². The monoisotopic (exact) mass is 403 g/mol. The van der Waals surface area contributed by atoms with Crippen molar-refractivity contribution in [1.29, 1.82) is 0 Å². The summed E-state index contributed by atoms with van der Waals surface area (Å²) in [5, 5.41) is 7.17. The van der Waals surface area contributed by atoms with Crippen LogP contribution in [0.1, 0.15) is 32.3 Å². The normalized spacial score (nSPS) is 20.6. The Hall–Kier alpha value is -1.89. The van der Waals surface area contributed by atoms with Crippen molar-refractivity contribution < 1.29 is 4.79 Å². The Morgan fingerprint density at radius 2 is 2.04 bits per heavy atom. The average Bonchev–Trinajstić information content (AvgIpc) is 3.24. The molecule has 2 saturated heterocycles. The number of amides is 2. The van der Waals surface area contributed by atoms with Crippen molar-refractivity contribution in [3.8, 4) is 0 Å². The molecule has 0 aromatic heterocycles. The minimum atomic E-state index is 0.00367. The van der Waals surface area contributed by atoms with Crippen molar-refractivity contribution in [2.24, 2.45) is 10.9 Å². The predicted octanol–water partition coefficient (Wildman–Crippen LogP) is 3.46. The lowest BCUT2D eigenvalue weighted by Gasteiger charge is -2.36. The maximum atomic E-state index is 12.3. The molecule has 154 valence electrons. The van der Waals surface area contributed by atoms with E-state index in [0.29, 0.717) is 17.7 Å². The highest BCUT2D eigenvalue weighted by Crippen LogP contribution is 2.25. The van der Waals surface area contributed by atoms with Crippen LogP contribution in [0.3, 0.4) is 0 Å². The highest BCUT2D eigenvalue weighted by atomic mass is 32.2.